The molecule has 0 saturated heterocycles. The fraction of sp³-hybridized carbons (Fsp3) is 0.364. The van der Waals surface area contributed by atoms with Gasteiger partial charge in [0.1, 0.15) is 12.1 Å². The van der Waals surface area contributed by atoms with E-state index in [0.29, 0.717) is 6.42 Å². The van der Waals surface area contributed by atoms with Gasteiger partial charge in [-0.2, -0.15) is 13.2 Å². The molecule has 3 aromatic carbocycles. The Bertz CT molecular complexity index is 1400. The van der Waals surface area contributed by atoms with Crippen molar-refractivity contribution >= 4 is 28.5 Å². The SMILES string of the molecule is CC(F)(F)F.CN(C(=O)/C=C/CC(C)(C)N)[C@H](Cc1ccc2ccccc2c1)C(=O)N(C)[C@H](Cc1ccccc1)C(N)=O. The minimum absolute atomic E-state index is 0.188. The summed E-state index contributed by atoms with van der Waals surface area (Å²) in [4.78, 5) is 42.3. The highest BCUT2D eigenvalue weighted by Crippen LogP contribution is 2.20. The van der Waals surface area contributed by atoms with Crippen molar-refractivity contribution in [3.05, 3.63) is 96.1 Å². The van der Waals surface area contributed by atoms with Crippen molar-refractivity contribution in [3.63, 3.8) is 0 Å². The van der Waals surface area contributed by atoms with E-state index in [1.54, 1.807) is 20.2 Å². The normalized spacial score (nSPS) is 13.1. The maximum atomic E-state index is 13.9. The van der Waals surface area contributed by atoms with Crippen molar-refractivity contribution < 1.29 is 27.6 Å². The van der Waals surface area contributed by atoms with E-state index >= 15 is 0 Å². The van der Waals surface area contributed by atoms with Crippen LogP contribution in [0.4, 0.5) is 13.2 Å². The number of benzene rings is 3. The molecule has 0 unspecified atom stereocenters. The van der Waals surface area contributed by atoms with E-state index in [2.05, 4.69) is 0 Å². The van der Waals surface area contributed by atoms with Crippen LogP contribution < -0.4 is 11.5 Å². The molecule has 0 spiro atoms. The predicted octanol–water partition coefficient (Wildman–Crippen LogP) is 5.02. The molecule has 3 amide bonds. The Morgan fingerprint density at radius 2 is 1.33 bits per heavy atom. The molecule has 232 valence electrons. The van der Waals surface area contributed by atoms with E-state index in [1.807, 2.05) is 86.6 Å². The highest BCUT2D eigenvalue weighted by atomic mass is 19.4. The van der Waals surface area contributed by atoms with Crippen LogP contribution in [0.15, 0.2) is 84.9 Å². The third-order valence-corrected chi connectivity index (χ3v) is 6.66. The number of primary amides is 1. The molecule has 3 rings (SSSR count). The number of nitrogens with zero attached hydrogens (tertiary/aromatic N) is 2. The summed E-state index contributed by atoms with van der Waals surface area (Å²) in [6.07, 6.45) is 0.247. The lowest BCUT2D eigenvalue weighted by molar-refractivity contribution is -0.145. The molecule has 0 bridgehead atoms. The summed E-state index contributed by atoms with van der Waals surface area (Å²) in [5, 5.41) is 2.13. The Morgan fingerprint density at radius 3 is 1.88 bits per heavy atom. The number of halogens is 3. The highest BCUT2D eigenvalue weighted by molar-refractivity contribution is 5.95. The van der Waals surface area contributed by atoms with E-state index in [4.69, 9.17) is 11.5 Å². The minimum Gasteiger partial charge on any atom is -0.368 e. The Hall–Kier alpha value is -4.18. The lowest BCUT2D eigenvalue weighted by Crippen LogP contribution is -2.55. The molecule has 0 aliphatic heterocycles. The molecule has 0 radical (unpaired) electrons. The van der Waals surface area contributed by atoms with E-state index < -0.39 is 29.7 Å². The number of alkyl halides is 3. The first-order chi connectivity index (χ1) is 20.0. The molecule has 2 atom stereocenters. The minimum atomic E-state index is -4.00. The summed E-state index contributed by atoms with van der Waals surface area (Å²) in [7, 11) is 3.17. The summed E-state index contributed by atoms with van der Waals surface area (Å²) >= 11 is 0. The lowest BCUT2D eigenvalue weighted by atomic mass is 9.98. The van der Waals surface area contributed by atoms with Crippen LogP contribution in [0, 0.1) is 0 Å². The number of fused-ring (bicyclic) bond motifs is 1. The maximum absolute atomic E-state index is 13.9. The second-order valence-corrected chi connectivity index (χ2v) is 11.3. The highest BCUT2D eigenvalue weighted by Gasteiger charge is 2.34. The summed E-state index contributed by atoms with van der Waals surface area (Å²) in [5.41, 5.74) is 13.1. The Balaban J connectivity index is 0.00000119. The van der Waals surface area contributed by atoms with Crippen molar-refractivity contribution in [3.8, 4) is 0 Å². The van der Waals surface area contributed by atoms with Gasteiger partial charge in [0.15, 0.2) is 0 Å². The third kappa shape index (κ3) is 12.3. The number of carbonyl (C=O) groups is 3. The van der Waals surface area contributed by atoms with Gasteiger partial charge in [0.25, 0.3) is 0 Å². The van der Waals surface area contributed by atoms with Gasteiger partial charge in [0.05, 0.1) is 0 Å². The molecule has 0 fully saturated rings. The first-order valence-corrected chi connectivity index (χ1v) is 13.8. The Labute approximate surface area is 251 Å². The smallest absolute Gasteiger partial charge is 0.368 e. The molecule has 10 heteroatoms. The van der Waals surface area contributed by atoms with Gasteiger partial charge in [0.2, 0.25) is 17.7 Å². The van der Waals surface area contributed by atoms with Crippen molar-refractivity contribution in [2.75, 3.05) is 14.1 Å². The van der Waals surface area contributed by atoms with Crippen LogP contribution in [-0.2, 0) is 27.2 Å². The largest absolute Gasteiger partial charge is 0.386 e. The topological polar surface area (TPSA) is 110 Å². The molecule has 3 aromatic rings. The van der Waals surface area contributed by atoms with Crippen LogP contribution in [0.2, 0.25) is 0 Å². The molecule has 0 aliphatic carbocycles. The van der Waals surface area contributed by atoms with E-state index in [9.17, 15) is 27.6 Å². The average Bonchev–Trinajstić information content (AvgIpc) is 2.92. The first-order valence-electron chi connectivity index (χ1n) is 13.8. The van der Waals surface area contributed by atoms with Gasteiger partial charge in [0, 0.05) is 39.4 Å². The predicted molar refractivity (Wildman–Crippen MR) is 164 cm³/mol. The zero-order valence-corrected chi connectivity index (χ0v) is 25.3. The fourth-order valence-electron chi connectivity index (χ4n) is 4.37. The number of hydrogen-bond acceptors (Lipinski definition) is 4. The second-order valence-electron chi connectivity index (χ2n) is 11.3. The number of nitrogens with two attached hydrogens (primary N) is 2. The number of amides is 3. The molecule has 43 heavy (non-hydrogen) atoms. The van der Waals surface area contributed by atoms with Crippen molar-refractivity contribution in [1.82, 2.24) is 9.80 Å². The monoisotopic (exact) mass is 598 g/mol. The Morgan fingerprint density at radius 1 is 0.791 bits per heavy atom. The summed E-state index contributed by atoms with van der Waals surface area (Å²) < 4.78 is 31.1. The zero-order valence-electron chi connectivity index (χ0n) is 25.3. The van der Waals surface area contributed by atoms with Crippen LogP contribution in [0.25, 0.3) is 10.8 Å². The van der Waals surface area contributed by atoms with Crippen LogP contribution >= 0.6 is 0 Å². The van der Waals surface area contributed by atoms with E-state index in [-0.39, 0.29) is 31.6 Å². The molecular formula is C33H41F3N4O3. The van der Waals surface area contributed by atoms with Gasteiger partial charge in [-0.1, -0.05) is 78.9 Å². The summed E-state index contributed by atoms with van der Waals surface area (Å²) in [6, 6.07) is 21.7. The molecule has 7 nitrogen and oxygen atoms in total. The van der Waals surface area contributed by atoms with Gasteiger partial charge in [-0.15, -0.1) is 0 Å². The molecule has 4 N–H and O–H groups in total. The second kappa shape index (κ2) is 15.3. The van der Waals surface area contributed by atoms with Crippen molar-refractivity contribution in [2.24, 2.45) is 11.5 Å². The summed E-state index contributed by atoms with van der Waals surface area (Å²) in [6.45, 7) is 3.94. The lowest BCUT2D eigenvalue weighted by Gasteiger charge is -2.33. The maximum Gasteiger partial charge on any atom is 0.386 e. The van der Waals surface area contributed by atoms with Crippen molar-refractivity contribution in [2.45, 2.75) is 63.8 Å². The van der Waals surface area contributed by atoms with Gasteiger partial charge in [-0.05, 0) is 48.2 Å². The first kappa shape index (κ1) is 35.0. The van der Waals surface area contributed by atoms with Gasteiger partial charge in [-0.25, -0.2) is 0 Å². The molecule has 0 aromatic heterocycles. The number of hydrogen-bond donors (Lipinski definition) is 2. The number of rotatable bonds is 11. The number of likely N-dealkylation sites (N-methyl/N-ethyl adjacent to an activating group) is 2. The fourth-order valence-corrected chi connectivity index (χ4v) is 4.37. The van der Waals surface area contributed by atoms with E-state index in [1.165, 1.54) is 15.9 Å². The van der Waals surface area contributed by atoms with Gasteiger partial charge >= 0.3 is 6.18 Å². The van der Waals surface area contributed by atoms with Crippen LogP contribution in [-0.4, -0.2) is 65.4 Å². The van der Waals surface area contributed by atoms with Gasteiger partial charge in [-0.3, -0.25) is 14.4 Å². The third-order valence-electron chi connectivity index (χ3n) is 6.66. The van der Waals surface area contributed by atoms with Gasteiger partial charge < -0.3 is 21.3 Å². The molecule has 0 heterocycles. The summed E-state index contributed by atoms with van der Waals surface area (Å²) in [5.74, 6) is -1.28. The van der Waals surface area contributed by atoms with E-state index in [0.717, 1.165) is 21.9 Å². The molecule has 0 aliphatic rings. The zero-order chi connectivity index (χ0) is 32.4. The Kier molecular flexibility index (Phi) is 12.5. The van der Waals surface area contributed by atoms with Crippen LogP contribution in [0.5, 0.6) is 0 Å². The standard InChI is InChI=1S/C31H38N4O3.C2H3F3/c1-31(2,33)18-10-15-28(36)34(3)27(21-23-16-17-24-13-8-9-14-25(24)19-23)30(38)35(4)26(29(32)37)20-22-11-6-5-7-12-22;1-2(3,4)5/h5-17,19,26-27H,18,20-21,33H2,1-4H3,(H2,32,37);1H3/b15-10+;/t26-,27-;/m1./s1. The van der Waals surface area contributed by atoms with Crippen molar-refractivity contribution in [1.29, 1.82) is 0 Å². The molecule has 0 saturated carbocycles. The quantitative estimate of drug-likeness (QED) is 0.302. The van der Waals surface area contributed by atoms with Crippen LogP contribution in [0.3, 0.4) is 0 Å². The average molecular weight is 599 g/mol. The molecular weight excluding hydrogens is 557 g/mol. The number of carbonyl (C=O) groups excluding carboxylic acids is 3. The van der Waals surface area contributed by atoms with Crippen LogP contribution in [0.1, 0.15) is 38.3 Å².